The first kappa shape index (κ1) is 10.6. The van der Waals surface area contributed by atoms with E-state index in [0.29, 0.717) is 6.41 Å². The maximum Gasteiger partial charge on any atom is 0.208 e. The zero-order valence-electron chi connectivity index (χ0n) is 9.29. The summed E-state index contributed by atoms with van der Waals surface area (Å²) in [4.78, 5) is 10.6. The van der Waals surface area contributed by atoms with E-state index in [9.17, 15) is 4.79 Å². The molecule has 1 amide bonds. The maximum absolute atomic E-state index is 10.6. The highest BCUT2D eigenvalue weighted by molar-refractivity contribution is 5.74. The summed E-state index contributed by atoms with van der Waals surface area (Å²) in [6.45, 7) is 4.05. The van der Waals surface area contributed by atoms with Gasteiger partial charge in [-0.3, -0.25) is 4.79 Å². The van der Waals surface area contributed by atoms with Crippen LogP contribution in [0.2, 0.25) is 0 Å². The van der Waals surface area contributed by atoms with Gasteiger partial charge in [-0.15, -0.1) is 5.10 Å². The fourth-order valence-corrected chi connectivity index (χ4v) is 1.71. The van der Waals surface area contributed by atoms with Gasteiger partial charge in [0, 0.05) is 0 Å². The van der Waals surface area contributed by atoms with E-state index < -0.39 is 0 Å². The molecule has 16 heavy (non-hydrogen) atoms. The molecule has 1 atom stereocenters. The summed E-state index contributed by atoms with van der Waals surface area (Å²) in [5.74, 6) is 0.246. The molecule has 0 aliphatic carbocycles. The predicted octanol–water partition coefficient (Wildman–Crippen LogP) is 1.33. The molecule has 0 aliphatic rings. The molecule has 2 aromatic rings. The van der Waals surface area contributed by atoms with E-state index in [1.165, 1.54) is 0 Å². The largest absolute Gasteiger partial charge is 0.337 e. The molecule has 0 fully saturated rings. The fraction of sp³-hybridized carbons (Fsp3) is 0.364. The lowest BCUT2D eigenvalue weighted by Gasteiger charge is -2.20. The highest BCUT2D eigenvalue weighted by atomic mass is 16.1. The molecule has 0 spiro atoms. The monoisotopic (exact) mass is 218 g/mol. The van der Waals surface area contributed by atoms with E-state index in [-0.39, 0.29) is 12.1 Å². The molecule has 1 N–H and O–H groups in total. The normalized spacial score (nSPS) is 12.9. The highest BCUT2D eigenvalue weighted by Crippen LogP contribution is 2.18. The summed E-state index contributed by atoms with van der Waals surface area (Å²) >= 11 is 0. The Kier molecular flexibility index (Phi) is 2.85. The van der Waals surface area contributed by atoms with Gasteiger partial charge >= 0.3 is 0 Å². The van der Waals surface area contributed by atoms with Crippen LogP contribution in [0.15, 0.2) is 24.3 Å². The second-order valence-electron chi connectivity index (χ2n) is 4.00. The van der Waals surface area contributed by atoms with Gasteiger partial charge in [-0.2, -0.15) is 0 Å². The number of aromatic nitrogens is 3. The smallest absolute Gasteiger partial charge is 0.208 e. The van der Waals surface area contributed by atoms with Crippen LogP contribution in [0.25, 0.3) is 11.0 Å². The number of carbonyl (C=O) groups excluding carboxylic acids is 1. The number of rotatable bonds is 4. The van der Waals surface area contributed by atoms with E-state index in [4.69, 9.17) is 0 Å². The van der Waals surface area contributed by atoms with Crippen molar-refractivity contribution >= 4 is 17.4 Å². The molecule has 0 radical (unpaired) electrons. The molecule has 5 nitrogen and oxygen atoms in total. The summed E-state index contributed by atoms with van der Waals surface area (Å²) in [6, 6.07) is 7.69. The Morgan fingerprint density at radius 3 is 2.81 bits per heavy atom. The molecule has 2 rings (SSSR count). The van der Waals surface area contributed by atoms with Gasteiger partial charge in [0.25, 0.3) is 0 Å². The second-order valence-corrected chi connectivity index (χ2v) is 4.00. The molecule has 84 valence electrons. The van der Waals surface area contributed by atoms with Crippen LogP contribution in [-0.4, -0.2) is 21.4 Å². The topological polar surface area (TPSA) is 59.8 Å². The maximum atomic E-state index is 10.6. The molecule has 1 unspecified atom stereocenters. The third-order valence-electron chi connectivity index (χ3n) is 2.51. The number of nitrogens with zero attached hydrogens (tertiary/aromatic N) is 3. The number of fused-ring (bicyclic) bond motifs is 1. The van der Waals surface area contributed by atoms with Gasteiger partial charge in [-0.1, -0.05) is 31.2 Å². The molecule has 0 saturated heterocycles. The van der Waals surface area contributed by atoms with Gasteiger partial charge in [-0.05, 0) is 18.1 Å². The van der Waals surface area contributed by atoms with E-state index in [2.05, 4.69) is 15.6 Å². The lowest BCUT2D eigenvalue weighted by atomic mass is 10.1. The average Bonchev–Trinajstić information content (AvgIpc) is 2.69. The Morgan fingerprint density at radius 1 is 1.38 bits per heavy atom. The first-order chi connectivity index (χ1) is 7.74. The molecule has 1 heterocycles. The number of hydrogen-bond acceptors (Lipinski definition) is 3. The molecule has 1 aromatic carbocycles. The number of benzene rings is 1. The van der Waals surface area contributed by atoms with Crippen molar-refractivity contribution < 1.29 is 4.79 Å². The van der Waals surface area contributed by atoms with E-state index in [0.717, 1.165) is 11.0 Å². The van der Waals surface area contributed by atoms with Crippen LogP contribution in [-0.2, 0) is 4.79 Å². The Morgan fingerprint density at radius 2 is 2.12 bits per heavy atom. The summed E-state index contributed by atoms with van der Waals surface area (Å²) in [7, 11) is 0. The van der Waals surface area contributed by atoms with Crippen molar-refractivity contribution in [2.24, 2.45) is 5.92 Å². The van der Waals surface area contributed by atoms with Crippen LogP contribution in [0, 0.1) is 5.92 Å². The second kappa shape index (κ2) is 4.30. The summed E-state index contributed by atoms with van der Waals surface area (Å²) in [5, 5.41) is 10.9. The lowest BCUT2D eigenvalue weighted by molar-refractivity contribution is -0.111. The zero-order chi connectivity index (χ0) is 11.5. The molecular formula is C11H14N4O. The van der Waals surface area contributed by atoms with Crippen LogP contribution in [0.3, 0.4) is 0 Å². The van der Waals surface area contributed by atoms with Gasteiger partial charge in [0.05, 0.1) is 5.52 Å². The van der Waals surface area contributed by atoms with E-state index in [1.54, 1.807) is 4.68 Å². The third kappa shape index (κ3) is 1.76. The van der Waals surface area contributed by atoms with Crippen molar-refractivity contribution in [3.8, 4) is 0 Å². The number of carbonyl (C=O) groups is 1. The minimum Gasteiger partial charge on any atom is -0.337 e. The predicted molar refractivity (Wildman–Crippen MR) is 60.6 cm³/mol. The van der Waals surface area contributed by atoms with Crippen LogP contribution < -0.4 is 5.32 Å². The Bertz CT molecular complexity index is 491. The van der Waals surface area contributed by atoms with Crippen LogP contribution in [0.4, 0.5) is 0 Å². The first-order valence-corrected chi connectivity index (χ1v) is 5.23. The minimum atomic E-state index is -0.162. The standard InChI is InChI=1S/C11H14N4O/c1-8(2)11(12-7-16)15-10-6-4-3-5-9(10)13-14-15/h3-8,11H,1-2H3,(H,12,16). The summed E-state index contributed by atoms with van der Waals surface area (Å²) in [6.07, 6.45) is 0.533. The van der Waals surface area contributed by atoms with Crippen molar-refractivity contribution in [3.05, 3.63) is 24.3 Å². The van der Waals surface area contributed by atoms with Crippen molar-refractivity contribution in [1.82, 2.24) is 20.3 Å². The molecule has 0 bridgehead atoms. The minimum absolute atomic E-state index is 0.162. The quantitative estimate of drug-likeness (QED) is 0.787. The highest BCUT2D eigenvalue weighted by Gasteiger charge is 2.17. The molecule has 1 aromatic heterocycles. The number of nitrogens with one attached hydrogen (secondary N) is 1. The van der Waals surface area contributed by atoms with Gasteiger partial charge < -0.3 is 5.32 Å². The van der Waals surface area contributed by atoms with E-state index in [1.807, 2.05) is 38.1 Å². The number of hydrogen-bond donors (Lipinski definition) is 1. The fourth-order valence-electron chi connectivity index (χ4n) is 1.71. The molecule has 0 aliphatic heterocycles. The Balaban J connectivity index is 2.48. The van der Waals surface area contributed by atoms with Gasteiger partial charge in [0.15, 0.2) is 0 Å². The van der Waals surface area contributed by atoms with Crippen molar-refractivity contribution in [2.75, 3.05) is 0 Å². The third-order valence-corrected chi connectivity index (χ3v) is 2.51. The summed E-state index contributed by atoms with van der Waals surface area (Å²) in [5.41, 5.74) is 1.76. The van der Waals surface area contributed by atoms with Crippen molar-refractivity contribution in [3.63, 3.8) is 0 Å². The molecule has 5 heteroatoms. The average molecular weight is 218 g/mol. The number of para-hydroxylation sites is 1. The van der Waals surface area contributed by atoms with Crippen LogP contribution in [0.1, 0.15) is 20.0 Å². The van der Waals surface area contributed by atoms with Gasteiger partial charge in [0.2, 0.25) is 6.41 Å². The SMILES string of the molecule is CC(C)C(NC=O)n1nnc2ccccc21. The van der Waals surface area contributed by atoms with Crippen molar-refractivity contribution in [1.29, 1.82) is 0 Å². The van der Waals surface area contributed by atoms with E-state index >= 15 is 0 Å². The van der Waals surface area contributed by atoms with Crippen molar-refractivity contribution in [2.45, 2.75) is 20.0 Å². The van der Waals surface area contributed by atoms with Gasteiger partial charge in [0.1, 0.15) is 11.7 Å². The van der Waals surface area contributed by atoms with Gasteiger partial charge in [-0.25, -0.2) is 4.68 Å². The molecular weight excluding hydrogens is 204 g/mol. The molecule has 0 saturated carbocycles. The zero-order valence-corrected chi connectivity index (χ0v) is 9.29. The number of amides is 1. The lowest BCUT2D eigenvalue weighted by Crippen LogP contribution is -2.30. The Hall–Kier alpha value is -1.91. The summed E-state index contributed by atoms with van der Waals surface area (Å²) < 4.78 is 1.74. The first-order valence-electron chi connectivity index (χ1n) is 5.23. The van der Waals surface area contributed by atoms with Crippen LogP contribution >= 0.6 is 0 Å². The Labute approximate surface area is 93.4 Å². The van der Waals surface area contributed by atoms with Crippen LogP contribution in [0.5, 0.6) is 0 Å².